The lowest BCUT2D eigenvalue weighted by atomic mass is 10.1. The Morgan fingerprint density at radius 1 is 0.600 bits per heavy atom. The summed E-state index contributed by atoms with van der Waals surface area (Å²) in [5, 5.41) is 2.73. The van der Waals surface area contributed by atoms with Crippen LogP contribution in [0.2, 0.25) is 0 Å². The van der Waals surface area contributed by atoms with Gasteiger partial charge in [0.25, 0.3) is 0 Å². The Kier molecular flexibility index (Phi) is 2.91. The highest BCUT2D eigenvalue weighted by Crippen LogP contribution is 2.73. The predicted octanol–water partition coefficient (Wildman–Crippen LogP) is 5.22. The van der Waals surface area contributed by atoms with Crippen molar-refractivity contribution in [3.63, 3.8) is 0 Å². The number of hydrogen-bond acceptors (Lipinski definition) is 0. The summed E-state index contributed by atoms with van der Waals surface area (Å²) in [6.45, 7) is 0. The van der Waals surface area contributed by atoms with Crippen molar-refractivity contribution >= 4 is 19.9 Å². The van der Waals surface area contributed by atoms with Gasteiger partial charge in [0.05, 0.1) is 0 Å². The van der Waals surface area contributed by atoms with Gasteiger partial charge in [-0.3, -0.25) is 0 Å². The second kappa shape index (κ2) is 4.39. The Bertz CT molecular complexity index is 743. The van der Waals surface area contributed by atoms with Crippen LogP contribution in [0, 0.1) is 0 Å². The Morgan fingerprint density at radius 2 is 1.20 bits per heavy atom. The SMILES string of the molecule is C[SH](C)(C)(c1ccccc1)c1cccc2ccccc12. The Hall–Kier alpha value is -1.73. The van der Waals surface area contributed by atoms with Crippen molar-refractivity contribution in [1.29, 1.82) is 0 Å². The van der Waals surface area contributed by atoms with Gasteiger partial charge in [-0.1, -0.05) is 72.8 Å². The molecule has 0 heterocycles. The maximum atomic E-state index is 2.45. The minimum Gasteiger partial charge on any atom is -0.248 e. The zero-order valence-corrected chi connectivity index (χ0v) is 13.3. The molecule has 0 bridgehead atoms. The lowest BCUT2D eigenvalue weighted by molar-refractivity contribution is 1.36. The Labute approximate surface area is 121 Å². The van der Waals surface area contributed by atoms with Gasteiger partial charge in [0.2, 0.25) is 0 Å². The molecule has 0 saturated heterocycles. The first-order valence-corrected chi connectivity index (χ1v) is 10.6. The fraction of sp³-hybridized carbons (Fsp3) is 0.158. The third-order valence-corrected chi connectivity index (χ3v) is 8.45. The van der Waals surface area contributed by atoms with E-state index in [1.165, 1.54) is 20.6 Å². The molecule has 0 amide bonds. The quantitative estimate of drug-likeness (QED) is 0.612. The average Bonchev–Trinajstić information content (AvgIpc) is 2.47. The van der Waals surface area contributed by atoms with Crippen molar-refractivity contribution in [3.8, 4) is 0 Å². The Morgan fingerprint density at radius 3 is 1.95 bits per heavy atom. The van der Waals surface area contributed by atoms with Crippen molar-refractivity contribution in [1.82, 2.24) is 0 Å². The zero-order chi connectivity index (χ0) is 14.2. The molecule has 0 aliphatic rings. The van der Waals surface area contributed by atoms with E-state index in [9.17, 15) is 0 Å². The number of fused-ring (bicyclic) bond motifs is 1. The summed E-state index contributed by atoms with van der Waals surface area (Å²) in [5.41, 5.74) is 0. The molecule has 1 heteroatoms. The van der Waals surface area contributed by atoms with Gasteiger partial charge >= 0.3 is 0 Å². The van der Waals surface area contributed by atoms with Crippen molar-refractivity contribution in [2.45, 2.75) is 9.79 Å². The number of hydrogen-bond donors (Lipinski definition) is 1. The normalized spacial score (nSPS) is 13.8. The topological polar surface area (TPSA) is 0 Å². The monoisotopic (exact) mass is 282 g/mol. The van der Waals surface area contributed by atoms with Gasteiger partial charge in [-0.15, -0.1) is 0 Å². The summed E-state index contributed by atoms with van der Waals surface area (Å²) in [7, 11) is -2.11. The van der Waals surface area contributed by atoms with Gasteiger partial charge in [0.1, 0.15) is 0 Å². The molecule has 0 unspecified atom stereocenters. The predicted molar refractivity (Wildman–Crippen MR) is 93.7 cm³/mol. The molecule has 3 rings (SSSR count). The van der Waals surface area contributed by atoms with E-state index < -0.39 is 9.16 Å². The van der Waals surface area contributed by atoms with Crippen molar-refractivity contribution in [2.75, 3.05) is 18.8 Å². The maximum absolute atomic E-state index is 2.45. The minimum atomic E-state index is -2.11. The summed E-state index contributed by atoms with van der Waals surface area (Å²) in [5.74, 6) is 0. The molecule has 0 saturated carbocycles. The third-order valence-electron chi connectivity index (χ3n) is 4.27. The van der Waals surface area contributed by atoms with Crippen molar-refractivity contribution in [2.24, 2.45) is 0 Å². The maximum Gasteiger partial charge on any atom is -0.00746 e. The summed E-state index contributed by atoms with van der Waals surface area (Å²) in [4.78, 5) is 2.97. The van der Waals surface area contributed by atoms with E-state index in [-0.39, 0.29) is 0 Å². The molecule has 0 N–H and O–H groups in total. The van der Waals surface area contributed by atoms with Crippen LogP contribution in [-0.4, -0.2) is 18.8 Å². The van der Waals surface area contributed by atoms with E-state index in [0.29, 0.717) is 0 Å². The second-order valence-electron chi connectivity index (χ2n) is 6.63. The molecular formula is C19H22S. The molecule has 0 fully saturated rings. The van der Waals surface area contributed by atoms with Gasteiger partial charge in [-0.2, -0.15) is 0 Å². The first-order valence-electron chi connectivity index (χ1n) is 7.02. The lowest BCUT2D eigenvalue weighted by Crippen LogP contribution is -2.14. The molecule has 104 valence electrons. The van der Waals surface area contributed by atoms with E-state index in [4.69, 9.17) is 0 Å². The number of rotatable bonds is 2. The van der Waals surface area contributed by atoms with Crippen LogP contribution in [-0.2, 0) is 0 Å². The molecule has 0 spiro atoms. The lowest BCUT2D eigenvalue weighted by Gasteiger charge is -2.53. The number of benzene rings is 3. The average molecular weight is 282 g/mol. The molecule has 0 radical (unpaired) electrons. The second-order valence-corrected chi connectivity index (χ2v) is 13.2. The first kappa shape index (κ1) is 13.3. The van der Waals surface area contributed by atoms with Crippen molar-refractivity contribution < 1.29 is 0 Å². The van der Waals surface area contributed by atoms with Crippen LogP contribution in [0.3, 0.4) is 0 Å². The highest BCUT2D eigenvalue weighted by Gasteiger charge is 2.31. The summed E-state index contributed by atoms with van der Waals surface area (Å²) < 4.78 is 0. The smallest absolute Gasteiger partial charge is 0.00746 e. The van der Waals surface area contributed by atoms with Gasteiger partial charge < -0.3 is 0 Å². The van der Waals surface area contributed by atoms with Crippen molar-refractivity contribution in [3.05, 3.63) is 72.8 Å². The van der Waals surface area contributed by atoms with Gasteiger partial charge in [0.15, 0.2) is 0 Å². The van der Waals surface area contributed by atoms with E-state index in [0.717, 1.165) is 0 Å². The van der Waals surface area contributed by atoms with Gasteiger partial charge in [-0.25, -0.2) is 9.16 Å². The van der Waals surface area contributed by atoms with E-state index >= 15 is 0 Å². The molecule has 0 aromatic heterocycles. The third kappa shape index (κ3) is 2.03. The molecule has 0 nitrogen and oxygen atoms in total. The van der Waals surface area contributed by atoms with Gasteiger partial charge in [0, 0.05) is 0 Å². The fourth-order valence-corrected chi connectivity index (χ4v) is 6.13. The van der Waals surface area contributed by atoms with Crippen LogP contribution < -0.4 is 0 Å². The van der Waals surface area contributed by atoms with Gasteiger partial charge in [-0.05, 0) is 39.3 Å². The molecule has 20 heavy (non-hydrogen) atoms. The zero-order valence-electron chi connectivity index (χ0n) is 12.4. The minimum absolute atomic E-state index is 1.33. The van der Waals surface area contributed by atoms with Crippen LogP contribution in [0.1, 0.15) is 0 Å². The summed E-state index contributed by atoms with van der Waals surface area (Å²) >= 11 is 0. The van der Waals surface area contributed by atoms with E-state index in [1.54, 1.807) is 0 Å². The molecule has 0 aliphatic carbocycles. The molecule has 3 aromatic rings. The largest absolute Gasteiger partial charge is 0.248 e. The highest BCUT2D eigenvalue weighted by atomic mass is 32.3. The first-order chi connectivity index (χ1) is 9.47. The fourth-order valence-electron chi connectivity index (χ4n) is 2.98. The highest BCUT2D eigenvalue weighted by molar-refractivity contribution is 8.48. The molecule has 0 aliphatic heterocycles. The summed E-state index contributed by atoms with van der Waals surface area (Å²) in [6.07, 6.45) is 7.34. The molecule has 3 aromatic carbocycles. The van der Waals surface area contributed by atoms with Crippen LogP contribution in [0.25, 0.3) is 10.8 Å². The standard InChI is InChI=1S/C19H22S/c1-20(2,3,17-12-5-4-6-13-17)19-15-9-11-16-10-7-8-14-18(16)19/h4-15,20H,1-3H3. The van der Waals surface area contributed by atoms with Crippen LogP contribution in [0.15, 0.2) is 82.6 Å². The van der Waals surface area contributed by atoms with Crippen LogP contribution >= 0.6 is 9.16 Å². The number of thiol groups is 1. The Balaban J connectivity index is 2.34. The van der Waals surface area contributed by atoms with E-state index in [1.807, 2.05) is 0 Å². The molecular weight excluding hydrogens is 260 g/mol. The van der Waals surface area contributed by atoms with Crippen LogP contribution in [0.5, 0.6) is 0 Å². The molecule has 0 atom stereocenters. The summed E-state index contributed by atoms with van der Waals surface area (Å²) in [6, 6.07) is 26.4. The van der Waals surface area contributed by atoms with E-state index in [2.05, 4.69) is 91.6 Å². The van der Waals surface area contributed by atoms with Crippen LogP contribution in [0.4, 0.5) is 0 Å².